The summed E-state index contributed by atoms with van der Waals surface area (Å²) in [6.07, 6.45) is 12.5. The highest BCUT2D eigenvalue weighted by Gasteiger charge is 2.68. The number of hydrogen-bond donors (Lipinski definition) is 1. The molecule has 9 atom stereocenters. The number of allylic oxidation sites excluding steroid dienone is 3. The molecule has 1 aliphatic heterocycles. The first-order valence-corrected chi connectivity index (χ1v) is 16.6. The first-order chi connectivity index (χ1) is 19.7. The van der Waals surface area contributed by atoms with Crippen LogP contribution in [0.2, 0.25) is 0 Å². The number of amides is 1. The number of morpholine rings is 1. The highest BCUT2D eigenvalue weighted by molar-refractivity contribution is 6.02. The molecule has 3 saturated carbocycles. The van der Waals surface area contributed by atoms with Gasteiger partial charge >= 0.3 is 0 Å². The minimum absolute atomic E-state index is 0.0249. The molecule has 1 heterocycles. The van der Waals surface area contributed by atoms with Crippen LogP contribution in [0.15, 0.2) is 23.3 Å². The fourth-order valence-electron chi connectivity index (χ4n) is 11.4. The number of nitriles is 1. The first kappa shape index (κ1) is 30.1. The van der Waals surface area contributed by atoms with Gasteiger partial charge in [-0.05, 0) is 90.8 Å². The van der Waals surface area contributed by atoms with Crippen molar-refractivity contribution >= 4 is 11.7 Å². The highest BCUT2D eigenvalue weighted by atomic mass is 16.5. The summed E-state index contributed by atoms with van der Waals surface area (Å²) in [6, 6.07) is 2.21. The molecule has 3 unspecified atom stereocenters. The molecular formula is C36H52N2O4. The van der Waals surface area contributed by atoms with Crippen LogP contribution in [-0.4, -0.2) is 54.1 Å². The Morgan fingerprint density at radius 3 is 2.45 bits per heavy atom. The summed E-state index contributed by atoms with van der Waals surface area (Å²) in [6.45, 7) is 16.5. The van der Waals surface area contributed by atoms with E-state index in [0.29, 0.717) is 38.6 Å². The molecule has 0 aromatic rings. The lowest BCUT2D eigenvalue weighted by molar-refractivity contribution is -0.187. The van der Waals surface area contributed by atoms with Crippen molar-refractivity contribution in [2.24, 2.45) is 50.7 Å². The van der Waals surface area contributed by atoms with Gasteiger partial charge in [0.25, 0.3) is 0 Å². The van der Waals surface area contributed by atoms with Crippen LogP contribution in [0.5, 0.6) is 0 Å². The van der Waals surface area contributed by atoms with Gasteiger partial charge in [-0.15, -0.1) is 0 Å². The van der Waals surface area contributed by atoms with E-state index in [9.17, 15) is 20.0 Å². The van der Waals surface area contributed by atoms with Gasteiger partial charge in [0.1, 0.15) is 6.07 Å². The van der Waals surface area contributed by atoms with Crippen LogP contribution in [0, 0.1) is 62.1 Å². The quantitative estimate of drug-likeness (QED) is 0.401. The van der Waals surface area contributed by atoms with Crippen molar-refractivity contribution in [1.29, 1.82) is 5.26 Å². The Morgan fingerprint density at radius 1 is 1.07 bits per heavy atom. The molecule has 0 aromatic carbocycles. The van der Waals surface area contributed by atoms with Gasteiger partial charge in [-0.3, -0.25) is 9.59 Å². The molecule has 6 aliphatic rings. The third-order valence-corrected chi connectivity index (χ3v) is 14.1. The Morgan fingerprint density at radius 2 is 1.76 bits per heavy atom. The average molecular weight is 577 g/mol. The minimum Gasteiger partial charge on any atom is -0.389 e. The molecule has 6 nitrogen and oxygen atoms in total. The number of Topliss-reactive ketones (excluding diaryl/α,β-unsaturated/α-hetero) is 1. The molecule has 0 spiro atoms. The van der Waals surface area contributed by atoms with Crippen LogP contribution in [-0.2, 0) is 14.3 Å². The van der Waals surface area contributed by atoms with E-state index in [1.807, 2.05) is 17.9 Å². The molecular weight excluding hydrogens is 524 g/mol. The Labute approximate surface area is 252 Å². The lowest BCUT2D eigenvalue weighted by atomic mass is 9.34. The predicted octanol–water partition coefficient (Wildman–Crippen LogP) is 6.25. The van der Waals surface area contributed by atoms with Crippen molar-refractivity contribution in [3.63, 3.8) is 0 Å². The van der Waals surface area contributed by atoms with Gasteiger partial charge < -0.3 is 14.7 Å². The number of aliphatic hydroxyl groups is 1. The van der Waals surface area contributed by atoms with Crippen molar-refractivity contribution in [3.05, 3.63) is 23.3 Å². The number of fused-ring (bicyclic) bond motifs is 7. The van der Waals surface area contributed by atoms with Crippen molar-refractivity contribution < 1.29 is 19.4 Å². The predicted molar refractivity (Wildman–Crippen MR) is 162 cm³/mol. The fraction of sp³-hybridized carbons (Fsp3) is 0.806. The van der Waals surface area contributed by atoms with Crippen LogP contribution in [0.4, 0.5) is 0 Å². The minimum atomic E-state index is -0.575. The van der Waals surface area contributed by atoms with Gasteiger partial charge in [-0.25, -0.2) is 0 Å². The molecule has 0 bridgehead atoms. The lowest BCUT2D eigenvalue weighted by Crippen LogP contribution is -2.65. The third kappa shape index (κ3) is 4.23. The van der Waals surface area contributed by atoms with E-state index >= 15 is 0 Å². The second-order valence-corrected chi connectivity index (χ2v) is 16.4. The number of carbonyl (C=O) groups excluding carboxylic acids is 2. The second kappa shape index (κ2) is 10.0. The monoisotopic (exact) mass is 576 g/mol. The molecule has 4 fully saturated rings. The van der Waals surface area contributed by atoms with E-state index in [0.717, 1.165) is 44.9 Å². The molecule has 6 rings (SSSR count). The van der Waals surface area contributed by atoms with Crippen molar-refractivity contribution in [2.75, 3.05) is 26.3 Å². The Balaban J connectivity index is 1.38. The molecule has 230 valence electrons. The lowest BCUT2D eigenvalue weighted by Gasteiger charge is -2.70. The number of carbonyl (C=O) groups is 2. The van der Waals surface area contributed by atoms with Gasteiger partial charge in [0, 0.05) is 30.8 Å². The van der Waals surface area contributed by atoms with Crippen molar-refractivity contribution in [3.8, 4) is 6.07 Å². The maximum Gasteiger partial charge on any atom is 0.222 e. The van der Waals surface area contributed by atoms with Crippen LogP contribution >= 0.6 is 0 Å². The SMILES string of the molecule is C[C@@H]1C(=O)C(C#N)=C[C@]2(C)C3=CC(O)C4C5CC(C)(C)CC[C@]5(CCC(=O)N5CCOCC5)CC[C@@]4(C)[C@]3(C)CC[C@@H]12. The van der Waals surface area contributed by atoms with E-state index in [-0.39, 0.29) is 56.7 Å². The standard InChI is InChI=1S/C36H52N2O4/c1-23-25-7-9-34(5)28(33(25,4)20-24(22-37)31(23)41)19-27(39)30-26-21-32(2,3)11-13-36(26,14-12-35(30,34)6)10-8-29(40)38-15-17-42-18-16-38/h19-20,23,25-27,30,39H,7-18,21H2,1-6H3/t23-,25-,26?,27?,30?,33-,34+,35+,36+/m0/s1. The smallest absolute Gasteiger partial charge is 0.222 e. The molecule has 5 aliphatic carbocycles. The number of aliphatic hydroxyl groups excluding tert-OH is 1. The average Bonchev–Trinajstić information content (AvgIpc) is 2.95. The number of ether oxygens (including phenoxy) is 1. The van der Waals surface area contributed by atoms with E-state index < -0.39 is 11.5 Å². The largest absolute Gasteiger partial charge is 0.389 e. The van der Waals surface area contributed by atoms with Gasteiger partial charge in [0.2, 0.25) is 5.91 Å². The summed E-state index contributed by atoms with van der Waals surface area (Å²) in [5, 5.41) is 22.1. The normalized spacial score (nSPS) is 46.2. The van der Waals surface area contributed by atoms with E-state index in [1.54, 1.807) is 0 Å². The summed E-state index contributed by atoms with van der Waals surface area (Å²) >= 11 is 0. The summed E-state index contributed by atoms with van der Waals surface area (Å²) < 4.78 is 5.49. The van der Waals surface area contributed by atoms with Gasteiger partial charge in [-0.1, -0.05) is 59.3 Å². The molecule has 1 saturated heterocycles. The summed E-state index contributed by atoms with van der Waals surface area (Å²) in [7, 11) is 0. The van der Waals surface area contributed by atoms with E-state index in [2.05, 4.69) is 46.8 Å². The fourth-order valence-corrected chi connectivity index (χ4v) is 11.4. The number of nitrogens with zero attached hydrogens (tertiary/aromatic N) is 2. The Hall–Kier alpha value is -1.97. The molecule has 6 heteroatoms. The Bertz CT molecular complexity index is 1260. The van der Waals surface area contributed by atoms with Gasteiger partial charge in [0.15, 0.2) is 5.78 Å². The highest BCUT2D eigenvalue weighted by Crippen LogP contribution is 2.74. The zero-order valence-corrected chi connectivity index (χ0v) is 26.8. The number of ketones is 1. The Kier molecular flexibility index (Phi) is 7.18. The summed E-state index contributed by atoms with van der Waals surface area (Å²) in [5.74, 6) is 0.671. The maximum atomic E-state index is 13.3. The summed E-state index contributed by atoms with van der Waals surface area (Å²) in [5.41, 5.74) is 1.18. The zero-order chi connectivity index (χ0) is 30.3. The van der Waals surface area contributed by atoms with Crippen LogP contribution < -0.4 is 0 Å². The topological polar surface area (TPSA) is 90.6 Å². The van der Waals surface area contributed by atoms with E-state index in [1.165, 1.54) is 12.0 Å². The van der Waals surface area contributed by atoms with Gasteiger partial charge in [0.05, 0.1) is 24.9 Å². The molecule has 0 aromatic heterocycles. The molecule has 0 radical (unpaired) electrons. The van der Waals surface area contributed by atoms with Crippen LogP contribution in [0.1, 0.15) is 99.3 Å². The molecule has 1 N–H and O–H groups in total. The number of rotatable bonds is 3. The molecule has 42 heavy (non-hydrogen) atoms. The van der Waals surface area contributed by atoms with E-state index in [4.69, 9.17) is 4.74 Å². The van der Waals surface area contributed by atoms with Crippen LogP contribution in [0.25, 0.3) is 0 Å². The first-order valence-electron chi connectivity index (χ1n) is 16.6. The molecule has 1 amide bonds. The van der Waals surface area contributed by atoms with Crippen molar-refractivity contribution in [2.45, 2.75) is 105 Å². The second-order valence-electron chi connectivity index (χ2n) is 16.4. The maximum absolute atomic E-state index is 13.3. The third-order valence-electron chi connectivity index (χ3n) is 14.1. The summed E-state index contributed by atoms with van der Waals surface area (Å²) in [4.78, 5) is 28.3. The van der Waals surface area contributed by atoms with Crippen molar-refractivity contribution in [1.82, 2.24) is 4.90 Å². The van der Waals surface area contributed by atoms with Crippen LogP contribution in [0.3, 0.4) is 0 Å². The number of hydrogen-bond acceptors (Lipinski definition) is 5. The van der Waals surface area contributed by atoms with Gasteiger partial charge in [-0.2, -0.15) is 5.26 Å². The zero-order valence-electron chi connectivity index (χ0n) is 26.8.